The molecule has 0 aliphatic carbocycles. The Morgan fingerprint density at radius 2 is 0.750 bits per heavy atom. The molecule has 0 radical (unpaired) electrons. The Kier molecular flexibility index (Phi) is 25.8. The van der Waals surface area contributed by atoms with Gasteiger partial charge in [0.25, 0.3) is 0 Å². The molecule has 0 aromatic heterocycles. The van der Waals surface area contributed by atoms with Crippen LogP contribution in [0.2, 0.25) is 0 Å². The molecule has 0 atom stereocenters. The summed E-state index contributed by atoms with van der Waals surface area (Å²) in [5.74, 6) is -0.783. The molecule has 0 rings (SSSR count). The summed E-state index contributed by atoms with van der Waals surface area (Å²) in [5.41, 5.74) is 0.485. The number of allylic oxidation sites excluding steroid dienone is 1. The summed E-state index contributed by atoms with van der Waals surface area (Å²) >= 11 is 0. The van der Waals surface area contributed by atoms with Crippen molar-refractivity contribution in [1.82, 2.24) is 0 Å². The third-order valence-corrected chi connectivity index (χ3v) is 6.85. The highest BCUT2D eigenvalue weighted by Gasteiger charge is 1.98. The molecule has 2 heteroatoms. The third-order valence-electron chi connectivity index (χ3n) is 6.85. The number of carbonyl (C=O) groups is 1. The number of unbranched alkanes of at least 4 members (excludes halogenated alkanes) is 24. The van der Waals surface area contributed by atoms with E-state index in [-0.39, 0.29) is 0 Å². The van der Waals surface area contributed by atoms with Crippen molar-refractivity contribution in [3.8, 4) is 0 Å². The van der Waals surface area contributed by atoms with Crippen LogP contribution in [0.15, 0.2) is 11.6 Å². The van der Waals surface area contributed by atoms with Crippen molar-refractivity contribution in [3.05, 3.63) is 11.6 Å². The van der Waals surface area contributed by atoms with Gasteiger partial charge in [0.1, 0.15) is 0 Å². The molecule has 2 nitrogen and oxygen atoms in total. The molecule has 0 saturated carbocycles. The van der Waals surface area contributed by atoms with Gasteiger partial charge in [0.05, 0.1) is 0 Å². The summed E-state index contributed by atoms with van der Waals surface area (Å²) in [6.45, 7) is 3.98. The molecule has 32 heavy (non-hydrogen) atoms. The fraction of sp³-hybridized carbons (Fsp3) is 0.900. The molecule has 0 aromatic carbocycles. The second-order valence-electron chi connectivity index (χ2n) is 10.1. The first-order valence-corrected chi connectivity index (χ1v) is 14.6. The smallest absolute Gasteiger partial charge is 0.330 e. The van der Waals surface area contributed by atoms with Crippen LogP contribution in [0.4, 0.5) is 0 Å². The molecular formula is C30H58O2. The molecule has 0 aliphatic rings. The van der Waals surface area contributed by atoms with Crippen LogP contribution in [-0.4, -0.2) is 11.1 Å². The molecule has 1 N–H and O–H groups in total. The molecule has 0 bridgehead atoms. The maximum Gasteiger partial charge on any atom is 0.330 e. The van der Waals surface area contributed by atoms with Crippen LogP contribution in [0, 0.1) is 0 Å². The van der Waals surface area contributed by atoms with Crippen molar-refractivity contribution in [2.75, 3.05) is 0 Å². The largest absolute Gasteiger partial charge is 0.478 e. The van der Waals surface area contributed by atoms with Gasteiger partial charge in [-0.25, -0.2) is 4.79 Å². The number of carboxylic acid groups (broad SMARTS) is 1. The Morgan fingerprint density at radius 3 is 1.00 bits per heavy atom. The molecule has 0 amide bonds. The molecular weight excluding hydrogens is 392 g/mol. The number of carboxylic acids is 1. The summed E-state index contributed by atoms with van der Waals surface area (Å²) < 4.78 is 0. The lowest BCUT2D eigenvalue weighted by Gasteiger charge is -2.04. The van der Waals surface area contributed by atoms with E-state index in [0.717, 1.165) is 12.8 Å². The van der Waals surface area contributed by atoms with E-state index in [4.69, 9.17) is 5.11 Å². The van der Waals surface area contributed by atoms with Crippen LogP contribution in [0.5, 0.6) is 0 Å². The van der Waals surface area contributed by atoms with E-state index >= 15 is 0 Å². The summed E-state index contributed by atoms with van der Waals surface area (Å²) in [7, 11) is 0. The van der Waals surface area contributed by atoms with Gasteiger partial charge in [0.15, 0.2) is 0 Å². The standard InChI is InChI=1S/C30H58O2/c1-3-4-5-6-7-8-9-10-11-12-13-14-15-16-17-18-19-20-21-22-23-24-25-26-27-28-29(2)30(31)32/h28H,3-27H2,1-2H3,(H,31,32)/b29-28+. The highest BCUT2D eigenvalue weighted by molar-refractivity contribution is 5.85. The van der Waals surface area contributed by atoms with Crippen LogP contribution >= 0.6 is 0 Å². The molecule has 190 valence electrons. The van der Waals surface area contributed by atoms with Crippen LogP contribution < -0.4 is 0 Å². The van der Waals surface area contributed by atoms with Crippen molar-refractivity contribution in [3.63, 3.8) is 0 Å². The van der Waals surface area contributed by atoms with E-state index in [2.05, 4.69) is 6.92 Å². The maximum absolute atomic E-state index is 10.7. The van der Waals surface area contributed by atoms with Gasteiger partial charge in [-0.1, -0.05) is 161 Å². The van der Waals surface area contributed by atoms with Gasteiger partial charge < -0.3 is 5.11 Å². The molecule has 0 aliphatic heterocycles. The Bertz CT molecular complexity index is 413. The van der Waals surface area contributed by atoms with E-state index in [1.807, 2.05) is 6.08 Å². The van der Waals surface area contributed by atoms with Crippen LogP contribution in [0.3, 0.4) is 0 Å². The van der Waals surface area contributed by atoms with Gasteiger partial charge in [-0.2, -0.15) is 0 Å². The van der Waals surface area contributed by atoms with E-state index in [0.29, 0.717) is 5.57 Å². The van der Waals surface area contributed by atoms with E-state index in [1.54, 1.807) is 6.92 Å². The molecule has 0 spiro atoms. The van der Waals surface area contributed by atoms with Gasteiger partial charge in [0, 0.05) is 5.57 Å². The zero-order valence-electron chi connectivity index (χ0n) is 22.1. The summed E-state index contributed by atoms with van der Waals surface area (Å²) in [4.78, 5) is 10.7. The first-order valence-electron chi connectivity index (χ1n) is 14.6. The second kappa shape index (κ2) is 26.5. The average molecular weight is 451 g/mol. The minimum atomic E-state index is -0.783. The van der Waals surface area contributed by atoms with Crippen molar-refractivity contribution in [2.45, 2.75) is 174 Å². The highest BCUT2D eigenvalue weighted by atomic mass is 16.4. The van der Waals surface area contributed by atoms with E-state index in [1.165, 1.54) is 148 Å². The Balaban J connectivity index is 3.08. The summed E-state index contributed by atoms with van der Waals surface area (Å²) in [6.07, 6.45) is 36.7. The van der Waals surface area contributed by atoms with Gasteiger partial charge in [-0.05, 0) is 19.8 Å². The number of aliphatic carboxylic acids is 1. The zero-order chi connectivity index (χ0) is 23.5. The molecule has 0 saturated heterocycles. The first-order chi connectivity index (χ1) is 15.7. The second-order valence-corrected chi connectivity index (χ2v) is 10.1. The quantitative estimate of drug-likeness (QED) is 0.105. The zero-order valence-corrected chi connectivity index (χ0v) is 22.1. The molecule has 0 unspecified atom stereocenters. The van der Waals surface area contributed by atoms with Crippen LogP contribution in [-0.2, 0) is 4.79 Å². The first kappa shape index (κ1) is 31.2. The average Bonchev–Trinajstić information content (AvgIpc) is 2.78. The van der Waals surface area contributed by atoms with Crippen molar-refractivity contribution < 1.29 is 9.90 Å². The minimum absolute atomic E-state index is 0.485. The highest BCUT2D eigenvalue weighted by Crippen LogP contribution is 2.16. The fourth-order valence-corrected chi connectivity index (χ4v) is 4.51. The van der Waals surface area contributed by atoms with Gasteiger partial charge in [-0.15, -0.1) is 0 Å². The number of hydrogen-bond acceptors (Lipinski definition) is 1. The number of rotatable bonds is 26. The van der Waals surface area contributed by atoms with Crippen LogP contribution in [0.25, 0.3) is 0 Å². The predicted molar refractivity (Wildman–Crippen MR) is 142 cm³/mol. The Morgan fingerprint density at radius 1 is 0.500 bits per heavy atom. The van der Waals surface area contributed by atoms with Crippen LogP contribution in [0.1, 0.15) is 174 Å². The Hall–Kier alpha value is -0.790. The summed E-state index contributed by atoms with van der Waals surface area (Å²) in [6, 6.07) is 0. The molecule has 0 heterocycles. The maximum atomic E-state index is 10.7. The molecule has 0 aromatic rings. The fourth-order valence-electron chi connectivity index (χ4n) is 4.51. The third kappa shape index (κ3) is 25.5. The lowest BCUT2D eigenvalue weighted by atomic mass is 10.0. The topological polar surface area (TPSA) is 37.3 Å². The number of hydrogen-bond donors (Lipinski definition) is 1. The lowest BCUT2D eigenvalue weighted by molar-refractivity contribution is -0.132. The SMILES string of the molecule is CCCCCCCCCCCCCCCCCCCCCCCCCC/C=C(\C)C(=O)O. The lowest BCUT2D eigenvalue weighted by Crippen LogP contribution is -1.95. The van der Waals surface area contributed by atoms with Gasteiger partial charge in [0.2, 0.25) is 0 Å². The summed E-state index contributed by atoms with van der Waals surface area (Å²) in [5, 5.41) is 8.80. The Labute approximate surface area is 202 Å². The van der Waals surface area contributed by atoms with Gasteiger partial charge in [-0.3, -0.25) is 0 Å². The van der Waals surface area contributed by atoms with E-state index < -0.39 is 5.97 Å². The molecule has 0 fully saturated rings. The van der Waals surface area contributed by atoms with Gasteiger partial charge >= 0.3 is 5.97 Å². The van der Waals surface area contributed by atoms with Crippen molar-refractivity contribution in [1.29, 1.82) is 0 Å². The predicted octanol–water partition coefficient (Wildman–Crippen LogP) is 10.8. The normalized spacial score (nSPS) is 11.9. The van der Waals surface area contributed by atoms with Crippen molar-refractivity contribution >= 4 is 5.97 Å². The van der Waals surface area contributed by atoms with E-state index in [9.17, 15) is 4.79 Å². The van der Waals surface area contributed by atoms with Crippen molar-refractivity contribution in [2.24, 2.45) is 0 Å². The minimum Gasteiger partial charge on any atom is -0.478 e. The monoisotopic (exact) mass is 450 g/mol.